The van der Waals surface area contributed by atoms with E-state index in [9.17, 15) is 9.18 Å². The van der Waals surface area contributed by atoms with Crippen molar-refractivity contribution < 1.29 is 13.9 Å². The maximum Gasteiger partial charge on any atom is 0.261 e. The molecular weight excluding hydrogens is 295 g/mol. The van der Waals surface area contributed by atoms with E-state index in [0.717, 1.165) is 5.56 Å². The van der Waals surface area contributed by atoms with Gasteiger partial charge in [0.05, 0.1) is 17.7 Å². The van der Waals surface area contributed by atoms with Crippen molar-refractivity contribution in [2.75, 3.05) is 0 Å². The van der Waals surface area contributed by atoms with Gasteiger partial charge in [0.15, 0.2) is 6.10 Å². The molecule has 2 rings (SSSR count). The van der Waals surface area contributed by atoms with Gasteiger partial charge in [0.2, 0.25) is 0 Å². The highest BCUT2D eigenvalue weighted by Crippen LogP contribution is 2.16. The summed E-state index contributed by atoms with van der Waals surface area (Å²) in [5.41, 5.74) is 1.27. The Kier molecular flexibility index (Phi) is 5.32. The Labute approximate surface area is 134 Å². The number of ether oxygens (including phenoxy) is 1. The van der Waals surface area contributed by atoms with E-state index in [-0.39, 0.29) is 17.8 Å². The lowest BCUT2D eigenvalue weighted by Gasteiger charge is -2.19. The number of nitriles is 1. The highest BCUT2D eigenvalue weighted by atomic mass is 19.1. The normalized spacial score (nSPS) is 12.8. The summed E-state index contributed by atoms with van der Waals surface area (Å²) in [6.45, 7) is 3.44. The summed E-state index contributed by atoms with van der Waals surface area (Å²) in [6, 6.07) is 14.3. The van der Waals surface area contributed by atoms with Crippen molar-refractivity contribution in [3.8, 4) is 11.8 Å². The molecule has 0 bridgehead atoms. The number of nitrogens with zero attached hydrogens (tertiary/aromatic N) is 1. The third-order valence-electron chi connectivity index (χ3n) is 3.37. The van der Waals surface area contributed by atoms with Gasteiger partial charge in [-0.3, -0.25) is 4.79 Å². The predicted octanol–water partition coefficient (Wildman–Crippen LogP) is 3.34. The van der Waals surface area contributed by atoms with Crippen LogP contribution in [0.2, 0.25) is 0 Å². The molecule has 0 aliphatic rings. The predicted molar refractivity (Wildman–Crippen MR) is 84.2 cm³/mol. The van der Waals surface area contributed by atoms with Gasteiger partial charge in [0.25, 0.3) is 5.91 Å². The minimum Gasteiger partial charge on any atom is -0.481 e. The lowest BCUT2D eigenvalue weighted by molar-refractivity contribution is -0.127. The fraction of sp³-hybridized carbons (Fsp3) is 0.222. The molecule has 0 aliphatic carbocycles. The van der Waals surface area contributed by atoms with E-state index < -0.39 is 6.10 Å². The van der Waals surface area contributed by atoms with Crippen LogP contribution < -0.4 is 10.1 Å². The van der Waals surface area contributed by atoms with Crippen molar-refractivity contribution in [3.05, 3.63) is 65.5 Å². The van der Waals surface area contributed by atoms with E-state index in [1.807, 2.05) is 13.0 Å². The second kappa shape index (κ2) is 7.41. The van der Waals surface area contributed by atoms with Gasteiger partial charge in [-0.15, -0.1) is 0 Å². The van der Waals surface area contributed by atoms with E-state index in [4.69, 9.17) is 10.00 Å². The molecule has 2 aromatic rings. The number of halogens is 1. The molecule has 23 heavy (non-hydrogen) atoms. The summed E-state index contributed by atoms with van der Waals surface area (Å²) in [7, 11) is 0. The van der Waals surface area contributed by atoms with Gasteiger partial charge in [-0.1, -0.05) is 18.2 Å². The molecule has 0 heterocycles. The molecule has 0 aromatic heterocycles. The number of amides is 1. The number of hydrogen-bond donors (Lipinski definition) is 1. The molecule has 0 fully saturated rings. The summed E-state index contributed by atoms with van der Waals surface area (Å²) in [5.74, 6) is -0.147. The van der Waals surface area contributed by atoms with Crippen LogP contribution in [-0.2, 0) is 4.79 Å². The van der Waals surface area contributed by atoms with Crippen LogP contribution in [0.15, 0.2) is 48.5 Å². The topological polar surface area (TPSA) is 62.1 Å². The van der Waals surface area contributed by atoms with Crippen molar-refractivity contribution in [3.63, 3.8) is 0 Å². The average molecular weight is 312 g/mol. The van der Waals surface area contributed by atoms with Crippen molar-refractivity contribution in [1.82, 2.24) is 5.32 Å². The molecule has 5 heteroatoms. The van der Waals surface area contributed by atoms with Gasteiger partial charge >= 0.3 is 0 Å². The summed E-state index contributed by atoms with van der Waals surface area (Å²) in [5, 5.41) is 11.7. The number of benzene rings is 2. The zero-order valence-corrected chi connectivity index (χ0v) is 12.9. The summed E-state index contributed by atoms with van der Waals surface area (Å²) >= 11 is 0. The van der Waals surface area contributed by atoms with Crippen LogP contribution in [0.5, 0.6) is 5.75 Å². The summed E-state index contributed by atoms with van der Waals surface area (Å²) in [6.07, 6.45) is -0.716. The Morgan fingerprint density at radius 1 is 1.22 bits per heavy atom. The maximum absolute atomic E-state index is 12.9. The maximum atomic E-state index is 12.9. The molecule has 0 radical (unpaired) electrons. The van der Waals surface area contributed by atoms with E-state index in [2.05, 4.69) is 5.32 Å². The number of hydrogen-bond acceptors (Lipinski definition) is 3. The van der Waals surface area contributed by atoms with E-state index >= 15 is 0 Å². The first kappa shape index (κ1) is 16.5. The average Bonchev–Trinajstić information content (AvgIpc) is 2.55. The molecule has 0 unspecified atom stereocenters. The molecule has 1 amide bonds. The van der Waals surface area contributed by atoms with Crippen molar-refractivity contribution in [2.45, 2.75) is 26.0 Å². The fourth-order valence-corrected chi connectivity index (χ4v) is 2.06. The standard InChI is InChI=1S/C18H17FN2O2/c1-12(15-6-8-16(19)9-7-15)21-18(22)13(2)23-17-5-3-4-14(10-17)11-20/h3-10,12-13H,1-2H3,(H,21,22)/t12-,13+/m0/s1. The molecular formula is C18H17FN2O2. The van der Waals surface area contributed by atoms with Gasteiger partial charge in [-0.05, 0) is 49.7 Å². The minimum atomic E-state index is -0.716. The number of nitrogens with one attached hydrogen (secondary N) is 1. The van der Waals surface area contributed by atoms with Crippen LogP contribution in [0.1, 0.15) is 31.0 Å². The Bertz CT molecular complexity index is 723. The molecule has 118 valence electrons. The Morgan fingerprint density at radius 2 is 1.91 bits per heavy atom. The first-order valence-corrected chi connectivity index (χ1v) is 7.22. The highest BCUT2D eigenvalue weighted by molar-refractivity contribution is 5.81. The summed E-state index contributed by atoms with van der Waals surface area (Å²) in [4.78, 5) is 12.2. The molecule has 1 N–H and O–H groups in total. The molecule has 0 saturated heterocycles. The third kappa shape index (κ3) is 4.55. The largest absolute Gasteiger partial charge is 0.481 e. The third-order valence-corrected chi connectivity index (χ3v) is 3.37. The number of carbonyl (C=O) groups excluding carboxylic acids is 1. The van der Waals surface area contributed by atoms with Gasteiger partial charge in [0, 0.05) is 0 Å². The van der Waals surface area contributed by atoms with E-state index in [0.29, 0.717) is 11.3 Å². The van der Waals surface area contributed by atoms with Crippen LogP contribution in [0.25, 0.3) is 0 Å². The monoisotopic (exact) mass is 312 g/mol. The Hall–Kier alpha value is -2.87. The lowest BCUT2D eigenvalue weighted by Crippen LogP contribution is -2.37. The van der Waals surface area contributed by atoms with Crippen LogP contribution in [0, 0.1) is 17.1 Å². The highest BCUT2D eigenvalue weighted by Gasteiger charge is 2.18. The number of carbonyl (C=O) groups is 1. The first-order chi connectivity index (χ1) is 11.0. The van der Waals surface area contributed by atoms with Gasteiger partial charge in [-0.25, -0.2) is 4.39 Å². The molecule has 2 atom stereocenters. The molecule has 4 nitrogen and oxygen atoms in total. The lowest BCUT2D eigenvalue weighted by atomic mass is 10.1. The van der Waals surface area contributed by atoms with E-state index in [1.165, 1.54) is 12.1 Å². The molecule has 0 saturated carbocycles. The SMILES string of the molecule is C[C@H](NC(=O)[C@@H](C)Oc1cccc(C#N)c1)c1ccc(F)cc1. The van der Waals surface area contributed by atoms with Gasteiger partial charge < -0.3 is 10.1 Å². The smallest absolute Gasteiger partial charge is 0.261 e. The summed E-state index contributed by atoms with van der Waals surface area (Å²) < 4.78 is 18.5. The first-order valence-electron chi connectivity index (χ1n) is 7.22. The van der Waals surface area contributed by atoms with Gasteiger partial charge in [0.1, 0.15) is 11.6 Å². The van der Waals surface area contributed by atoms with Crippen molar-refractivity contribution in [2.24, 2.45) is 0 Å². The second-order valence-corrected chi connectivity index (χ2v) is 5.18. The van der Waals surface area contributed by atoms with Crippen LogP contribution in [-0.4, -0.2) is 12.0 Å². The minimum absolute atomic E-state index is 0.264. The molecule has 2 aromatic carbocycles. The fourth-order valence-electron chi connectivity index (χ4n) is 2.06. The number of rotatable bonds is 5. The quantitative estimate of drug-likeness (QED) is 0.921. The zero-order chi connectivity index (χ0) is 16.8. The van der Waals surface area contributed by atoms with E-state index in [1.54, 1.807) is 43.3 Å². The van der Waals surface area contributed by atoms with Crippen LogP contribution >= 0.6 is 0 Å². The van der Waals surface area contributed by atoms with Crippen molar-refractivity contribution >= 4 is 5.91 Å². The Morgan fingerprint density at radius 3 is 2.57 bits per heavy atom. The van der Waals surface area contributed by atoms with Crippen molar-refractivity contribution in [1.29, 1.82) is 5.26 Å². The second-order valence-electron chi connectivity index (χ2n) is 5.18. The Balaban J connectivity index is 1.96. The van der Waals surface area contributed by atoms with Crippen LogP contribution in [0.4, 0.5) is 4.39 Å². The van der Waals surface area contributed by atoms with Crippen LogP contribution in [0.3, 0.4) is 0 Å². The molecule has 0 spiro atoms. The van der Waals surface area contributed by atoms with Gasteiger partial charge in [-0.2, -0.15) is 5.26 Å². The zero-order valence-electron chi connectivity index (χ0n) is 12.9. The molecule has 0 aliphatic heterocycles.